The van der Waals surface area contributed by atoms with E-state index in [4.69, 9.17) is 14.2 Å². The van der Waals surface area contributed by atoms with Crippen molar-refractivity contribution in [2.24, 2.45) is 0 Å². The highest BCUT2D eigenvalue weighted by Gasteiger charge is 2.23. The standard InChI is InChI=1S/C13H17NO3/c1-15-11-6-9(5-10-3-2-4-14-10)13-12(7-11)16-8-17-13/h6-7,10,14H,2-5,8H2,1H3. The van der Waals surface area contributed by atoms with E-state index in [9.17, 15) is 0 Å². The summed E-state index contributed by atoms with van der Waals surface area (Å²) in [6.45, 7) is 1.43. The second kappa shape index (κ2) is 4.45. The second-order valence-corrected chi connectivity index (χ2v) is 4.52. The molecule has 0 aliphatic carbocycles. The normalized spacial score (nSPS) is 21.8. The van der Waals surface area contributed by atoms with E-state index in [-0.39, 0.29) is 0 Å². The molecule has 3 rings (SSSR count). The van der Waals surface area contributed by atoms with Gasteiger partial charge < -0.3 is 19.5 Å². The molecule has 1 fully saturated rings. The van der Waals surface area contributed by atoms with Crippen LogP contribution in [0.15, 0.2) is 12.1 Å². The van der Waals surface area contributed by atoms with Crippen molar-refractivity contribution >= 4 is 0 Å². The first kappa shape index (κ1) is 10.7. The third-order valence-electron chi connectivity index (χ3n) is 3.39. The fourth-order valence-electron chi connectivity index (χ4n) is 2.52. The molecule has 2 aliphatic heterocycles. The van der Waals surface area contributed by atoms with E-state index in [2.05, 4.69) is 5.32 Å². The zero-order valence-electron chi connectivity index (χ0n) is 9.99. The molecule has 2 aliphatic rings. The second-order valence-electron chi connectivity index (χ2n) is 4.52. The van der Waals surface area contributed by atoms with Crippen molar-refractivity contribution in [3.8, 4) is 17.2 Å². The molecule has 4 heteroatoms. The molecular weight excluding hydrogens is 218 g/mol. The summed E-state index contributed by atoms with van der Waals surface area (Å²) in [6, 6.07) is 4.48. The molecule has 92 valence electrons. The summed E-state index contributed by atoms with van der Waals surface area (Å²) in [4.78, 5) is 0. The predicted octanol–water partition coefficient (Wildman–Crippen LogP) is 1.72. The maximum Gasteiger partial charge on any atom is 0.231 e. The minimum absolute atomic E-state index is 0.313. The largest absolute Gasteiger partial charge is 0.497 e. The number of ether oxygens (including phenoxy) is 3. The summed E-state index contributed by atoms with van der Waals surface area (Å²) in [5.74, 6) is 2.53. The van der Waals surface area contributed by atoms with Crippen LogP contribution in [0.1, 0.15) is 18.4 Å². The third kappa shape index (κ3) is 2.05. The molecule has 0 saturated carbocycles. The Hall–Kier alpha value is -1.42. The Labute approximate surface area is 101 Å². The zero-order valence-corrected chi connectivity index (χ0v) is 9.99. The van der Waals surface area contributed by atoms with Crippen LogP contribution >= 0.6 is 0 Å². The minimum Gasteiger partial charge on any atom is -0.497 e. The van der Waals surface area contributed by atoms with Crippen LogP contribution in [0.3, 0.4) is 0 Å². The van der Waals surface area contributed by atoms with Crippen LogP contribution in [0, 0.1) is 0 Å². The monoisotopic (exact) mass is 235 g/mol. The summed E-state index contributed by atoms with van der Waals surface area (Å²) in [7, 11) is 1.68. The van der Waals surface area contributed by atoms with Gasteiger partial charge in [-0.2, -0.15) is 0 Å². The molecule has 2 heterocycles. The van der Waals surface area contributed by atoms with E-state index in [1.165, 1.54) is 18.4 Å². The first-order valence-corrected chi connectivity index (χ1v) is 6.06. The highest BCUT2D eigenvalue weighted by molar-refractivity contribution is 5.53. The lowest BCUT2D eigenvalue weighted by Crippen LogP contribution is -2.23. The van der Waals surface area contributed by atoms with Crippen molar-refractivity contribution in [3.05, 3.63) is 17.7 Å². The molecule has 0 bridgehead atoms. The summed E-state index contributed by atoms with van der Waals surface area (Å²) >= 11 is 0. The van der Waals surface area contributed by atoms with Gasteiger partial charge in [-0.25, -0.2) is 0 Å². The van der Waals surface area contributed by atoms with Gasteiger partial charge in [-0.3, -0.25) is 0 Å². The van der Waals surface area contributed by atoms with E-state index in [0.717, 1.165) is 30.2 Å². The van der Waals surface area contributed by atoms with Crippen LogP contribution < -0.4 is 19.5 Å². The van der Waals surface area contributed by atoms with Crippen LogP contribution in [0.4, 0.5) is 0 Å². The Morgan fingerprint density at radius 2 is 2.35 bits per heavy atom. The Kier molecular flexibility index (Phi) is 2.81. The van der Waals surface area contributed by atoms with Crippen LogP contribution in [0.25, 0.3) is 0 Å². The molecule has 1 N–H and O–H groups in total. The summed E-state index contributed by atoms with van der Waals surface area (Å²) < 4.78 is 16.2. The van der Waals surface area contributed by atoms with E-state index in [1.807, 2.05) is 12.1 Å². The number of nitrogens with one attached hydrogen (secondary N) is 1. The van der Waals surface area contributed by atoms with Gasteiger partial charge >= 0.3 is 0 Å². The number of hydrogen-bond acceptors (Lipinski definition) is 4. The summed E-state index contributed by atoms with van der Waals surface area (Å²) in [5, 5.41) is 3.50. The number of benzene rings is 1. The van der Waals surface area contributed by atoms with Crippen molar-refractivity contribution in [1.29, 1.82) is 0 Å². The summed E-state index contributed by atoms with van der Waals surface area (Å²) in [6.07, 6.45) is 3.46. The Morgan fingerprint density at radius 3 is 3.12 bits per heavy atom. The van der Waals surface area contributed by atoms with Gasteiger partial charge in [0.1, 0.15) is 5.75 Å². The maximum atomic E-state index is 5.53. The van der Waals surface area contributed by atoms with Gasteiger partial charge in [0.25, 0.3) is 0 Å². The molecular formula is C13H17NO3. The number of rotatable bonds is 3. The molecule has 17 heavy (non-hydrogen) atoms. The van der Waals surface area contributed by atoms with Gasteiger partial charge in [-0.05, 0) is 31.9 Å². The van der Waals surface area contributed by atoms with Crippen LogP contribution in [0.2, 0.25) is 0 Å². The van der Waals surface area contributed by atoms with Crippen LogP contribution in [-0.2, 0) is 6.42 Å². The third-order valence-corrected chi connectivity index (χ3v) is 3.39. The summed E-state index contributed by atoms with van der Waals surface area (Å²) in [5.41, 5.74) is 1.18. The van der Waals surface area contributed by atoms with Crippen molar-refractivity contribution in [1.82, 2.24) is 5.32 Å². The SMILES string of the molecule is COc1cc(CC2CCCN2)c2c(c1)OCO2. The highest BCUT2D eigenvalue weighted by atomic mass is 16.7. The quantitative estimate of drug-likeness (QED) is 0.866. The molecule has 0 aromatic heterocycles. The molecule has 0 radical (unpaired) electrons. The topological polar surface area (TPSA) is 39.7 Å². The fourth-order valence-corrected chi connectivity index (χ4v) is 2.52. The van der Waals surface area contributed by atoms with Gasteiger partial charge in [0, 0.05) is 17.7 Å². The molecule has 1 aromatic rings. The molecule has 1 atom stereocenters. The smallest absolute Gasteiger partial charge is 0.231 e. The molecule has 1 aromatic carbocycles. The predicted molar refractivity (Wildman–Crippen MR) is 63.8 cm³/mol. The van der Waals surface area contributed by atoms with Crippen LogP contribution in [0.5, 0.6) is 17.2 Å². The maximum absolute atomic E-state index is 5.53. The zero-order chi connectivity index (χ0) is 11.7. The highest BCUT2D eigenvalue weighted by Crippen LogP contribution is 2.40. The first-order chi connectivity index (χ1) is 8.36. The number of methoxy groups -OCH3 is 1. The van der Waals surface area contributed by atoms with Gasteiger partial charge in [-0.15, -0.1) is 0 Å². The van der Waals surface area contributed by atoms with Gasteiger partial charge in [0.15, 0.2) is 11.5 Å². The van der Waals surface area contributed by atoms with Crippen molar-refractivity contribution in [2.75, 3.05) is 20.4 Å². The number of hydrogen-bond donors (Lipinski definition) is 1. The van der Waals surface area contributed by atoms with E-state index in [0.29, 0.717) is 12.8 Å². The Morgan fingerprint density at radius 1 is 1.41 bits per heavy atom. The van der Waals surface area contributed by atoms with Crippen molar-refractivity contribution in [2.45, 2.75) is 25.3 Å². The van der Waals surface area contributed by atoms with Crippen LogP contribution in [-0.4, -0.2) is 26.5 Å². The molecule has 1 saturated heterocycles. The average Bonchev–Trinajstić information content (AvgIpc) is 2.98. The van der Waals surface area contributed by atoms with Gasteiger partial charge in [0.05, 0.1) is 7.11 Å². The Bertz CT molecular complexity index is 413. The van der Waals surface area contributed by atoms with E-state index < -0.39 is 0 Å². The lowest BCUT2D eigenvalue weighted by Gasteiger charge is -2.13. The van der Waals surface area contributed by atoms with E-state index in [1.54, 1.807) is 7.11 Å². The lowest BCUT2D eigenvalue weighted by molar-refractivity contribution is 0.173. The fraction of sp³-hybridized carbons (Fsp3) is 0.538. The molecule has 0 spiro atoms. The van der Waals surface area contributed by atoms with E-state index >= 15 is 0 Å². The van der Waals surface area contributed by atoms with Gasteiger partial charge in [0.2, 0.25) is 6.79 Å². The number of fused-ring (bicyclic) bond motifs is 1. The minimum atomic E-state index is 0.313. The van der Waals surface area contributed by atoms with Crippen molar-refractivity contribution in [3.63, 3.8) is 0 Å². The van der Waals surface area contributed by atoms with Crippen molar-refractivity contribution < 1.29 is 14.2 Å². The Balaban J connectivity index is 1.88. The lowest BCUT2D eigenvalue weighted by atomic mass is 10.0. The van der Waals surface area contributed by atoms with Gasteiger partial charge in [-0.1, -0.05) is 0 Å². The average molecular weight is 235 g/mol. The first-order valence-electron chi connectivity index (χ1n) is 6.06. The molecule has 4 nitrogen and oxygen atoms in total. The molecule has 1 unspecified atom stereocenters. The molecule has 0 amide bonds.